The van der Waals surface area contributed by atoms with Crippen LogP contribution < -0.4 is 0 Å². The maximum Gasteiger partial charge on any atom is 0.163 e. The van der Waals surface area contributed by atoms with Gasteiger partial charge in [-0.1, -0.05) is 152 Å². The predicted octanol–water partition coefficient (Wildman–Crippen LogP) is 13.4. The maximum atomic E-state index is 5.54. The van der Waals surface area contributed by atoms with E-state index in [1.54, 1.807) is 0 Å². The van der Waals surface area contributed by atoms with E-state index in [1.807, 2.05) is 12.3 Å². The van der Waals surface area contributed by atoms with Crippen LogP contribution in [-0.4, -0.2) is 19.5 Å². The molecule has 12 rings (SSSR count). The molecule has 1 aliphatic rings. The van der Waals surface area contributed by atoms with E-state index in [9.17, 15) is 0 Å². The number of rotatable bonds is 5. The highest BCUT2D eigenvalue weighted by molar-refractivity contribution is 6.22. The number of pyridine rings is 1. The Morgan fingerprint density at radius 3 is 2.02 bits per heavy atom. The highest BCUT2D eigenvalue weighted by Crippen LogP contribution is 2.51. The molecule has 0 aliphatic heterocycles. The van der Waals surface area contributed by atoms with Crippen molar-refractivity contribution in [3.8, 4) is 28.2 Å². The second kappa shape index (κ2) is 12.9. The molecule has 0 amide bonds. The zero-order valence-electron chi connectivity index (χ0n) is 31.4. The van der Waals surface area contributed by atoms with E-state index >= 15 is 0 Å². The molecular weight excluding hydrogens is 705 g/mol. The molecule has 1 unspecified atom stereocenters. The molecule has 1 atom stereocenters. The standard InChI is InChI=1S/C54H34N4/c1-2-19-36(20-3-1)58-49-30-13-12-26-42(49)48-33-46(41-25-10-11-27-43(41)52(48)58)39-23-8-9-24-40(39)47-32-35-17-5-7-22-38(35)50(47)51-45-29-15-31-55-53(45)57-54(56-51)44-28-14-18-34-16-4-6-21-37(34)44/h1-33,50H. The molecule has 3 heterocycles. The van der Waals surface area contributed by atoms with E-state index in [0.717, 1.165) is 33.1 Å². The third-order valence-electron chi connectivity index (χ3n) is 12.0. The molecule has 11 aromatic rings. The summed E-state index contributed by atoms with van der Waals surface area (Å²) in [5.74, 6) is 0.525. The summed E-state index contributed by atoms with van der Waals surface area (Å²) >= 11 is 0. The lowest BCUT2D eigenvalue weighted by atomic mass is 9.83. The fourth-order valence-corrected chi connectivity index (χ4v) is 9.46. The van der Waals surface area contributed by atoms with Crippen molar-refractivity contribution >= 4 is 66.0 Å². The topological polar surface area (TPSA) is 43.6 Å². The Hall–Kier alpha value is -7.69. The second-order valence-corrected chi connectivity index (χ2v) is 15.1. The lowest BCUT2D eigenvalue weighted by molar-refractivity contribution is 0.986. The van der Waals surface area contributed by atoms with Crippen LogP contribution in [0.2, 0.25) is 0 Å². The van der Waals surface area contributed by atoms with E-state index < -0.39 is 0 Å². The van der Waals surface area contributed by atoms with Crippen LogP contribution in [0.25, 0.3) is 94.2 Å². The van der Waals surface area contributed by atoms with Gasteiger partial charge in [0, 0.05) is 39.0 Å². The zero-order valence-corrected chi connectivity index (χ0v) is 31.4. The van der Waals surface area contributed by atoms with Crippen LogP contribution in [0.5, 0.6) is 0 Å². The molecule has 0 radical (unpaired) electrons. The SMILES string of the molecule is C1=C(c2ccccc2-c2cc3c4ccccc4n(-c4ccccc4)c3c3ccccc23)C(c2nc(-c3cccc4ccccc34)nc3ncccc23)c2ccccc21. The summed E-state index contributed by atoms with van der Waals surface area (Å²) in [6.45, 7) is 0. The van der Waals surface area contributed by atoms with Crippen LogP contribution in [-0.2, 0) is 0 Å². The van der Waals surface area contributed by atoms with Crippen LogP contribution in [0.15, 0.2) is 194 Å². The Morgan fingerprint density at radius 2 is 1.12 bits per heavy atom. The van der Waals surface area contributed by atoms with Crippen molar-refractivity contribution in [1.82, 2.24) is 19.5 Å². The molecule has 0 spiro atoms. The van der Waals surface area contributed by atoms with Crippen molar-refractivity contribution in [2.45, 2.75) is 5.92 Å². The van der Waals surface area contributed by atoms with Crippen LogP contribution in [0.1, 0.15) is 28.3 Å². The van der Waals surface area contributed by atoms with Gasteiger partial charge in [-0.25, -0.2) is 15.0 Å². The van der Waals surface area contributed by atoms with Crippen LogP contribution in [0.3, 0.4) is 0 Å². The molecule has 4 heteroatoms. The zero-order chi connectivity index (χ0) is 38.2. The van der Waals surface area contributed by atoms with Crippen LogP contribution in [0, 0.1) is 0 Å². The average Bonchev–Trinajstić information content (AvgIpc) is 3.85. The maximum absolute atomic E-state index is 5.54. The number of hydrogen-bond donors (Lipinski definition) is 0. The summed E-state index contributed by atoms with van der Waals surface area (Å²) in [5.41, 5.74) is 13.4. The Balaban J connectivity index is 1.12. The van der Waals surface area contributed by atoms with E-state index in [-0.39, 0.29) is 5.92 Å². The largest absolute Gasteiger partial charge is 0.309 e. The van der Waals surface area contributed by atoms with E-state index in [0.29, 0.717) is 11.5 Å². The summed E-state index contributed by atoms with van der Waals surface area (Å²) in [6.07, 6.45) is 4.21. The quantitative estimate of drug-likeness (QED) is 0.177. The lowest BCUT2D eigenvalue weighted by Crippen LogP contribution is -2.08. The molecule has 3 aromatic heterocycles. The minimum atomic E-state index is -0.157. The number of para-hydroxylation sites is 2. The lowest BCUT2D eigenvalue weighted by Gasteiger charge is -2.22. The van der Waals surface area contributed by atoms with Gasteiger partial charge in [-0.2, -0.15) is 0 Å². The van der Waals surface area contributed by atoms with E-state index in [4.69, 9.17) is 15.0 Å². The predicted molar refractivity (Wildman–Crippen MR) is 240 cm³/mol. The summed E-state index contributed by atoms with van der Waals surface area (Å²) in [7, 11) is 0. The van der Waals surface area contributed by atoms with E-state index in [2.05, 4.69) is 193 Å². The minimum Gasteiger partial charge on any atom is -0.309 e. The van der Waals surface area contributed by atoms with Gasteiger partial charge < -0.3 is 4.57 Å². The molecule has 270 valence electrons. The second-order valence-electron chi connectivity index (χ2n) is 15.1. The minimum absolute atomic E-state index is 0.157. The first-order valence-corrected chi connectivity index (χ1v) is 19.8. The monoisotopic (exact) mass is 738 g/mol. The number of aromatic nitrogens is 4. The fourth-order valence-electron chi connectivity index (χ4n) is 9.46. The molecule has 0 bridgehead atoms. The van der Waals surface area contributed by atoms with Gasteiger partial charge in [0.2, 0.25) is 0 Å². The number of hydrogen-bond acceptors (Lipinski definition) is 3. The third kappa shape index (κ3) is 4.92. The molecule has 0 saturated carbocycles. The van der Waals surface area contributed by atoms with Gasteiger partial charge >= 0.3 is 0 Å². The van der Waals surface area contributed by atoms with Gasteiger partial charge in [-0.3, -0.25) is 0 Å². The van der Waals surface area contributed by atoms with Crippen molar-refractivity contribution in [3.63, 3.8) is 0 Å². The van der Waals surface area contributed by atoms with Crippen molar-refractivity contribution in [2.24, 2.45) is 0 Å². The molecule has 1 aliphatic carbocycles. The fraction of sp³-hybridized carbons (Fsp3) is 0.0185. The normalized spacial score (nSPS) is 13.8. The Kier molecular flexibility index (Phi) is 7.26. The summed E-state index contributed by atoms with van der Waals surface area (Å²) in [5, 5.41) is 8.13. The molecule has 4 nitrogen and oxygen atoms in total. The molecule has 0 fully saturated rings. The Morgan fingerprint density at radius 1 is 0.448 bits per heavy atom. The first kappa shape index (κ1) is 32.5. The van der Waals surface area contributed by atoms with Gasteiger partial charge in [-0.15, -0.1) is 0 Å². The molecule has 0 saturated heterocycles. The number of nitrogens with zero attached hydrogens (tertiary/aromatic N) is 4. The van der Waals surface area contributed by atoms with Crippen LogP contribution in [0.4, 0.5) is 0 Å². The molecule has 0 N–H and O–H groups in total. The smallest absolute Gasteiger partial charge is 0.163 e. The van der Waals surface area contributed by atoms with Crippen molar-refractivity contribution < 1.29 is 0 Å². The average molecular weight is 739 g/mol. The van der Waals surface area contributed by atoms with Gasteiger partial charge in [0.1, 0.15) is 0 Å². The van der Waals surface area contributed by atoms with Crippen LogP contribution >= 0.6 is 0 Å². The number of benzene rings is 8. The molecule has 8 aromatic carbocycles. The van der Waals surface area contributed by atoms with Crippen molar-refractivity contribution in [3.05, 3.63) is 217 Å². The molecular formula is C54H34N4. The van der Waals surface area contributed by atoms with Gasteiger partial charge in [0.05, 0.1) is 22.6 Å². The van der Waals surface area contributed by atoms with E-state index in [1.165, 1.54) is 66.0 Å². The first-order chi connectivity index (χ1) is 28.8. The van der Waals surface area contributed by atoms with Gasteiger partial charge in [0.15, 0.2) is 11.5 Å². The third-order valence-corrected chi connectivity index (χ3v) is 12.0. The number of fused-ring (bicyclic) bond motifs is 8. The highest BCUT2D eigenvalue weighted by Gasteiger charge is 2.33. The Bertz CT molecular complexity index is 3460. The highest BCUT2D eigenvalue weighted by atomic mass is 15.0. The summed E-state index contributed by atoms with van der Waals surface area (Å²) in [6, 6.07) is 67.5. The molecule has 58 heavy (non-hydrogen) atoms. The summed E-state index contributed by atoms with van der Waals surface area (Å²) < 4.78 is 2.43. The summed E-state index contributed by atoms with van der Waals surface area (Å²) in [4.78, 5) is 15.5. The van der Waals surface area contributed by atoms with Crippen molar-refractivity contribution in [1.29, 1.82) is 0 Å². The number of allylic oxidation sites excluding steroid dienone is 1. The van der Waals surface area contributed by atoms with Crippen molar-refractivity contribution in [2.75, 3.05) is 0 Å². The first-order valence-electron chi connectivity index (χ1n) is 19.8. The Labute approximate surface area is 335 Å². The van der Waals surface area contributed by atoms with Gasteiger partial charge in [0.25, 0.3) is 0 Å². The van der Waals surface area contributed by atoms with Gasteiger partial charge in [-0.05, 0) is 92.0 Å².